The molecule has 2 N–H and O–H groups in total. The van der Waals surface area contributed by atoms with Crippen LogP contribution in [0.4, 0.5) is 11.5 Å². The average molecular weight is 420 g/mol. The largest absolute Gasteiger partial charge is 0.497 e. The van der Waals surface area contributed by atoms with Gasteiger partial charge in [-0.05, 0) is 60.9 Å². The normalized spacial score (nSPS) is 16.1. The first-order chi connectivity index (χ1) is 15.0. The van der Waals surface area contributed by atoms with E-state index in [9.17, 15) is 4.79 Å². The topological polar surface area (TPSA) is 73.5 Å². The fourth-order valence-corrected chi connectivity index (χ4v) is 3.89. The number of anilines is 2. The molecule has 1 fully saturated rings. The summed E-state index contributed by atoms with van der Waals surface area (Å²) in [6.07, 6.45) is 1.97. The molecule has 0 spiro atoms. The number of methoxy groups -OCH3 is 1. The van der Waals surface area contributed by atoms with Gasteiger partial charge in [-0.1, -0.05) is 6.07 Å². The van der Waals surface area contributed by atoms with Crippen molar-refractivity contribution in [3.05, 3.63) is 60.2 Å². The number of H-pyrrole nitrogens is 1. The maximum Gasteiger partial charge on any atom is 0.251 e. The summed E-state index contributed by atoms with van der Waals surface area (Å²) >= 11 is 0. The first kappa shape index (κ1) is 20.8. The summed E-state index contributed by atoms with van der Waals surface area (Å²) in [7, 11) is 5.61. The van der Waals surface area contributed by atoms with E-state index in [1.807, 2.05) is 67.5 Å². The minimum atomic E-state index is -0.0310. The van der Waals surface area contributed by atoms with E-state index in [4.69, 9.17) is 4.74 Å². The van der Waals surface area contributed by atoms with E-state index in [-0.39, 0.29) is 11.9 Å². The third-order valence-corrected chi connectivity index (χ3v) is 5.67. The van der Waals surface area contributed by atoms with Gasteiger partial charge in [0.25, 0.3) is 5.91 Å². The molecule has 7 heteroatoms. The number of nitrogens with one attached hydrogen (secondary N) is 2. The van der Waals surface area contributed by atoms with Gasteiger partial charge in [-0.2, -0.15) is 5.10 Å². The van der Waals surface area contributed by atoms with Gasteiger partial charge < -0.3 is 19.9 Å². The highest BCUT2D eigenvalue weighted by Gasteiger charge is 2.24. The molecule has 1 aliphatic rings. The predicted octanol–water partition coefficient (Wildman–Crippen LogP) is 3.55. The number of benzene rings is 2. The van der Waals surface area contributed by atoms with Crippen LogP contribution in [0.3, 0.4) is 0 Å². The van der Waals surface area contributed by atoms with Gasteiger partial charge in [-0.25, -0.2) is 0 Å². The zero-order chi connectivity index (χ0) is 21.8. The van der Waals surface area contributed by atoms with Crippen LogP contribution in [0, 0.1) is 0 Å². The van der Waals surface area contributed by atoms with Crippen molar-refractivity contribution >= 4 is 17.4 Å². The van der Waals surface area contributed by atoms with Gasteiger partial charge in [0, 0.05) is 50.5 Å². The Morgan fingerprint density at radius 1 is 1.19 bits per heavy atom. The molecule has 1 amide bonds. The van der Waals surface area contributed by atoms with Crippen LogP contribution in [0.5, 0.6) is 5.75 Å². The Bertz CT molecular complexity index is 1030. The minimum absolute atomic E-state index is 0.0310. The molecule has 0 radical (unpaired) electrons. The van der Waals surface area contributed by atoms with Crippen LogP contribution in [0.1, 0.15) is 23.2 Å². The summed E-state index contributed by atoms with van der Waals surface area (Å²) in [5.74, 6) is 1.70. The Hall–Kier alpha value is -3.48. The summed E-state index contributed by atoms with van der Waals surface area (Å²) in [6.45, 7) is 1.67. The second-order valence-electron chi connectivity index (χ2n) is 8.07. The maximum absolute atomic E-state index is 12.8. The van der Waals surface area contributed by atoms with Crippen molar-refractivity contribution in [3.63, 3.8) is 0 Å². The number of ether oxygens (including phenoxy) is 1. The number of carbonyl (C=O) groups excluding carboxylic acids is 1. The van der Waals surface area contributed by atoms with Crippen LogP contribution in [0.2, 0.25) is 0 Å². The first-order valence-electron chi connectivity index (χ1n) is 10.6. The summed E-state index contributed by atoms with van der Waals surface area (Å²) in [6, 6.07) is 17.7. The smallest absolute Gasteiger partial charge is 0.251 e. The SMILES string of the molecule is COc1ccc(-c2cc(N3CCC[C@@H](NC(=O)c4cccc(N(C)C)c4)C3)n[nH]2)cc1. The van der Waals surface area contributed by atoms with Gasteiger partial charge in [-0.15, -0.1) is 0 Å². The average Bonchev–Trinajstić information content (AvgIpc) is 3.30. The van der Waals surface area contributed by atoms with Crippen molar-refractivity contribution in [2.24, 2.45) is 0 Å². The summed E-state index contributed by atoms with van der Waals surface area (Å²) in [4.78, 5) is 17.0. The maximum atomic E-state index is 12.8. The highest BCUT2D eigenvalue weighted by Crippen LogP contribution is 2.26. The lowest BCUT2D eigenvalue weighted by Gasteiger charge is -2.33. The molecular weight excluding hydrogens is 390 g/mol. The van der Waals surface area contributed by atoms with Gasteiger partial charge >= 0.3 is 0 Å². The fraction of sp³-hybridized carbons (Fsp3) is 0.333. The zero-order valence-electron chi connectivity index (χ0n) is 18.3. The number of carbonyl (C=O) groups is 1. The van der Waals surface area contributed by atoms with Crippen LogP contribution in [-0.2, 0) is 0 Å². The quantitative estimate of drug-likeness (QED) is 0.639. The third-order valence-electron chi connectivity index (χ3n) is 5.67. The predicted molar refractivity (Wildman–Crippen MR) is 124 cm³/mol. The first-order valence-corrected chi connectivity index (χ1v) is 10.6. The monoisotopic (exact) mass is 419 g/mol. The molecule has 0 unspecified atom stereocenters. The van der Waals surface area contributed by atoms with E-state index >= 15 is 0 Å². The van der Waals surface area contributed by atoms with Crippen LogP contribution in [0.15, 0.2) is 54.6 Å². The molecule has 2 heterocycles. The molecule has 0 bridgehead atoms. The Morgan fingerprint density at radius 3 is 2.74 bits per heavy atom. The van der Waals surface area contributed by atoms with Gasteiger partial charge in [-0.3, -0.25) is 9.89 Å². The minimum Gasteiger partial charge on any atom is -0.497 e. The molecule has 4 rings (SSSR count). The highest BCUT2D eigenvalue weighted by molar-refractivity contribution is 5.95. The Balaban J connectivity index is 1.41. The van der Waals surface area contributed by atoms with Crippen molar-refractivity contribution in [3.8, 4) is 17.0 Å². The number of amides is 1. The van der Waals surface area contributed by atoms with E-state index in [0.29, 0.717) is 5.56 Å². The Kier molecular flexibility index (Phi) is 6.11. The van der Waals surface area contributed by atoms with Crippen molar-refractivity contribution in [1.82, 2.24) is 15.5 Å². The zero-order valence-corrected chi connectivity index (χ0v) is 18.3. The van der Waals surface area contributed by atoms with E-state index in [1.54, 1.807) is 7.11 Å². The highest BCUT2D eigenvalue weighted by atomic mass is 16.5. The van der Waals surface area contributed by atoms with E-state index in [1.165, 1.54) is 0 Å². The van der Waals surface area contributed by atoms with Crippen molar-refractivity contribution < 1.29 is 9.53 Å². The molecule has 3 aromatic rings. The summed E-state index contributed by atoms with van der Waals surface area (Å²) < 4.78 is 5.23. The fourth-order valence-electron chi connectivity index (χ4n) is 3.89. The van der Waals surface area contributed by atoms with Crippen LogP contribution >= 0.6 is 0 Å². The van der Waals surface area contributed by atoms with Crippen molar-refractivity contribution in [1.29, 1.82) is 0 Å². The third kappa shape index (κ3) is 4.82. The summed E-state index contributed by atoms with van der Waals surface area (Å²) in [5.41, 5.74) is 3.72. The Labute approximate surface area is 183 Å². The lowest BCUT2D eigenvalue weighted by Crippen LogP contribution is -2.48. The molecule has 2 aromatic carbocycles. The molecule has 0 saturated carbocycles. The molecule has 1 aliphatic heterocycles. The number of rotatable bonds is 6. The van der Waals surface area contributed by atoms with Crippen LogP contribution in [0.25, 0.3) is 11.3 Å². The molecule has 31 heavy (non-hydrogen) atoms. The number of hydrogen-bond acceptors (Lipinski definition) is 5. The van der Waals surface area contributed by atoms with Crippen LogP contribution < -0.4 is 19.9 Å². The van der Waals surface area contributed by atoms with Crippen molar-refractivity contribution in [2.45, 2.75) is 18.9 Å². The molecule has 7 nitrogen and oxygen atoms in total. The van der Waals surface area contributed by atoms with E-state index < -0.39 is 0 Å². The molecule has 1 aromatic heterocycles. The van der Waals surface area contributed by atoms with Gasteiger partial charge in [0.2, 0.25) is 0 Å². The van der Waals surface area contributed by atoms with Gasteiger partial charge in [0.1, 0.15) is 5.75 Å². The van der Waals surface area contributed by atoms with Gasteiger partial charge in [0.05, 0.1) is 12.8 Å². The van der Waals surface area contributed by atoms with Crippen LogP contribution in [-0.4, -0.2) is 56.4 Å². The molecule has 1 atom stereocenters. The second kappa shape index (κ2) is 9.12. The number of aromatic amines is 1. The van der Waals surface area contributed by atoms with E-state index in [2.05, 4.69) is 26.5 Å². The lowest BCUT2D eigenvalue weighted by molar-refractivity contribution is 0.0933. The van der Waals surface area contributed by atoms with Gasteiger partial charge in [0.15, 0.2) is 5.82 Å². The number of piperidine rings is 1. The molecular formula is C24H29N5O2. The number of nitrogens with zero attached hydrogens (tertiary/aromatic N) is 3. The standard InChI is InChI=1S/C24H29N5O2/c1-28(2)20-8-4-6-18(14-20)24(30)25-19-7-5-13-29(16-19)23-15-22(26-27-23)17-9-11-21(31-3)12-10-17/h4,6,8-12,14-15,19H,5,7,13,16H2,1-3H3,(H,25,30)(H,26,27)/t19-/m1/s1. The lowest BCUT2D eigenvalue weighted by atomic mass is 10.0. The van der Waals surface area contributed by atoms with Crippen molar-refractivity contribution in [2.75, 3.05) is 44.1 Å². The number of hydrogen-bond donors (Lipinski definition) is 2. The second-order valence-corrected chi connectivity index (χ2v) is 8.07. The number of aromatic nitrogens is 2. The Morgan fingerprint density at radius 2 is 2.00 bits per heavy atom. The van der Waals surface area contributed by atoms with E-state index in [0.717, 1.165) is 54.4 Å². The summed E-state index contributed by atoms with van der Waals surface area (Å²) in [5, 5.41) is 10.8. The molecule has 1 saturated heterocycles. The molecule has 162 valence electrons. The molecule has 0 aliphatic carbocycles.